The largest absolute Gasteiger partial charge is 0.309 e. The van der Waals surface area contributed by atoms with E-state index < -0.39 is 0 Å². The Kier molecular flexibility index (Phi) is 4.05. The van der Waals surface area contributed by atoms with Gasteiger partial charge in [0.1, 0.15) is 0 Å². The van der Waals surface area contributed by atoms with Crippen LogP contribution in [-0.2, 0) is 0 Å². The third kappa shape index (κ3) is 2.58. The number of aryl methyl sites for hydroxylation is 1. The Bertz CT molecular complexity index is 589. The molecule has 1 heterocycles. The number of nitrogens with zero attached hydrogens (tertiary/aromatic N) is 1. The second kappa shape index (κ2) is 5.39. The first-order valence-corrected chi connectivity index (χ1v) is 7.05. The Balaban J connectivity index is 2.37. The fourth-order valence-electron chi connectivity index (χ4n) is 1.96. The van der Waals surface area contributed by atoms with E-state index in [0.29, 0.717) is 6.42 Å². The average Bonchev–Trinajstić information content (AvgIpc) is 2.65. The predicted octanol–water partition coefficient (Wildman–Crippen LogP) is 4.00. The first kappa shape index (κ1) is 13.5. The molecule has 0 spiro atoms. The number of Topliss-reactive ketones (excluding diaryl/α,β-unsaturated/α-hetero) is 1. The quantitative estimate of drug-likeness (QED) is 0.790. The lowest BCUT2D eigenvalue weighted by atomic mass is 10.1. The first-order valence-electron chi connectivity index (χ1n) is 5.86. The lowest BCUT2D eigenvalue weighted by molar-refractivity contribution is 0.0976. The van der Waals surface area contributed by atoms with Crippen molar-refractivity contribution in [2.24, 2.45) is 0 Å². The molecule has 4 heteroatoms. The Morgan fingerprint density at radius 3 is 2.72 bits per heavy atom. The Morgan fingerprint density at radius 2 is 2.11 bits per heavy atom. The predicted molar refractivity (Wildman–Crippen MR) is 79.1 cm³/mol. The van der Waals surface area contributed by atoms with Gasteiger partial charge in [-0.25, -0.2) is 0 Å². The fourth-order valence-corrected chi connectivity index (χ4v) is 3.53. The SMILES string of the molecule is Cc1c(C(=O)CCN(C)C)sc2cccc(Cl)c12. The van der Waals surface area contributed by atoms with E-state index in [4.69, 9.17) is 11.6 Å². The maximum atomic E-state index is 12.2. The molecule has 0 saturated heterocycles. The van der Waals surface area contributed by atoms with Crippen LogP contribution >= 0.6 is 22.9 Å². The Morgan fingerprint density at radius 1 is 1.39 bits per heavy atom. The minimum atomic E-state index is 0.207. The Hall–Kier alpha value is -0.900. The van der Waals surface area contributed by atoms with Crippen LogP contribution in [0.3, 0.4) is 0 Å². The van der Waals surface area contributed by atoms with Gasteiger partial charge >= 0.3 is 0 Å². The third-order valence-corrected chi connectivity index (χ3v) is 4.56. The summed E-state index contributed by atoms with van der Waals surface area (Å²) < 4.78 is 1.09. The van der Waals surface area contributed by atoms with Gasteiger partial charge in [-0.05, 0) is 38.7 Å². The maximum Gasteiger partial charge on any atom is 0.174 e. The van der Waals surface area contributed by atoms with Crippen molar-refractivity contribution in [3.05, 3.63) is 33.7 Å². The second-order valence-corrected chi connectivity index (χ2v) is 6.11. The fraction of sp³-hybridized carbons (Fsp3) is 0.357. The van der Waals surface area contributed by atoms with Gasteiger partial charge in [-0.3, -0.25) is 4.79 Å². The minimum absolute atomic E-state index is 0.207. The van der Waals surface area contributed by atoms with Crippen molar-refractivity contribution in [2.75, 3.05) is 20.6 Å². The van der Waals surface area contributed by atoms with Crippen LogP contribution in [0, 0.1) is 6.92 Å². The van der Waals surface area contributed by atoms with Crippen LogP contribution in [0.25, 0.3) is 10.1 Å². The number of halogens is 1. The van der Waals surface area contributed by atoms with Gasteiger partial charge < -0.3 is 4.90 Å². The first-order chi connectivity index (χ1) is 8.50. The van der Waals surface area contributed by atoms with Crippen LogP contribution in [0.15, 0.2) is 18.2 Å². The molecule has 2 rings (SSSR count). The summed E-state index contributed by atoms with van der Waals surface area (Å²) >= 11 is 7.74. The van der Waals surface area contributed by atoms with Crippen LogP contribution in [0.1, 0.15) is 21.7 Å². The summed E-state index contributed by atoms with van der Waals surface area (Å²) in [6, 6.07) is 5.81. The van der Waals surface area contributed by atoms with Crippen molar-refractivity contribution in [3.63, 3.8) is 0 Å². The number of carbonyl (C=O) groups is 1. The number of rotatable bonds is 4. The molecule has 0 N–H and O–H groups in total. The van der Waals surface area contributed by atoms with Crippen molar-refractivity contribution in [1.82, 2.24) is 4.90 Å². The van der Waals surface area contributed by atoms with Gasteiger partial charge in [-0.1, -0.05) is 17.7 Å². The molecule has 0 bridgehead atoms. The highest BCUT2D eigenvalue weighted by Crippen LogP contribution is 2.35. The number of hydrogen-bond acceptors (Lipinski definition) is 3. The van der Waals surface area contributed by atoms with Crippen molar-refractivity contribution < 1.29 is 4.79 Å². The molecule has 1 aromatic carbocycles. The van der Waals surface area contributed by atoms with E-state index in [-0.39, 0.29) is 5.78 Å². The molecule has 0 unspecified atom stereocenters. The molecule has 0 saturated carbocycles. The summed E-state index contributed by atoms with van der Waals surface area (Å²) in [4.78, 5) is 15.1. The van der Waals surface area contributed by atoms with Gasteiger partial charge in [0.05, 0.1) is 4.88 Å². The van der Waals surface area contributed by atoms with E-state index in [2.05, 4.69) is 0 Å². The molecule has 0 aliphatic rings. The van der Waals surface area contributed by atoms with E-state index in [1.54, 1.807) is 11.3 Å². The summed E-state index contributed by atoms with van der Waals surface area (Å²) in [7, 11) is 3.95. The van der Waals surface area contributed by atoms with Crippen LogP contribution in [0.4, 0.5) is 0 Å². The molecule has 0 aliphatic carbocycles. The standard InChI is InChI=1S/C14H16ClNOS/c1-9-13-10(15)5-4-6-12(13)18-14(9)11(17)7-8-16(2)3/h4-6H,7-8H2,1-3H3. The van der Waals surface area contributed by atoms with Gasteiger partial charge in [-0.2, -0.15) is 0 Å². The van der Waals surface area contributed by atoms with Crippen LogP contribution in [0.2, 0.25) is 5.02 Å². The van der Waals surface area contributed by atoms with Gasteiger partial charge in [-0.15, -0.1) is 11.3 Å². The van der Waals surface area contributed by atoms with Gasteiger partial charge in [0.25, 0.3) is 0 Å². The lowest BCUT2D eigenvalue weighted by Gasteiger charge is -2.07. The molecule has 0 amide bonds. The highest BCUT2D eigenvalue weighted by molar-refractivity contribution is 7.21. The van der Waals surface area contributed by atoms with Gasteiger partial charge in [0, 0.05) is 28.1 Å². The smallest absolute Gasteiger partial charge is 0.174 e. The van der Waals surface area contributed by atoms with Crippen molar-refractivity contribution in [3.8, 4) is 0 Å². The molecular formula is C14H16ClNOS. The Labute approximate surface area is 116 Å². The highest BCUT2D eigenvalue weighted by atomic mass is 35.5. The number of benzene rings is 1. The molecule has 18 heavy (non-hydrogen) atoms. The normalized spacial score (nSPS) is 11.4. The van der Waals surface area contributed by atoms with Crippen LogP contribution < -0.4 is 0 Å². The number of carbonyl (C=O) groups excluding carboxylic acids is 1. The van der Waals surface area contributed by atoms with E-state index in [0.717, 1.165) is 32.1 Å². The highest BCUT2D eigenvalue weighted by Gasteiger charge is 2.16. The number of fused-ring (bicyclic) bond motifs is 1. The lowest BCUT2D eigenvalue weighted by Crippen LogP contribution is -2.16. The van der Waals surface area contributed by atoms with Gasteiger partial charge in [0.15, 0.2) is 5.78 Å². The molecule has 1 aromatic heterocycles. The zero-order chi connectivity index (χ0) is 13.3. The topological polar surface area (TPSA) is 20.3 Å². The molecular weight excluding hydrogens is 266 g/mol. The van der Waals surface area contributed by atoms with Crippen LogP contribution in [0.5, 0.6) is 0 Å². The second-order valence-electron chi connectivity index (χ2n) is 4.65. The van der Waals surface area contributed by atoms with E-state index in [1.165, 1.54) is 0 Å². The summed E-state index contributed by atoms with van der Waals surface area (Å²) in [5.41, 5.74) is 1.02. The monoisotopic (exact) mass is 281 g/mol. The van der Waals surface area contributed by atoms with E-state index >= 15 is 0 Å². The molecule has 2 aromatic rings. The summed E-state index contributed by atoms with van der Waals surface area (Å²) in [5, 5.41) is 1.75. The van der Waals surface area contributed by atoms with Crippen molar-refractivity contribution in [1.29, 1.82) is 0 Å². The van der Waals surface area contributed by atoms with Crippen molar-refractivity contribution in [2.45, 2.75) is 13.3 Å². The summed E-state index contributed by atoms with van der Waals surface area (Å²) in [5.74, 6) is 0.207. The van der Waals surface area contributed by atoms with Gasteiger partial charge in [0.2, 0.25) is 0 Å². The summed E-state index contributed by atoms with van der Waals surface area (Å²) in [6.07, 6.45) is 0.554. The number of hydrogen-bond donors (Lipinski definition) is 0. The van der Waals surface area contributed by atoms with Crippen molar-refractivity contribution >= 4 is 38.8 Å². The molecule has 0 aliphatic heterocycles. The number of thiophene rings is 1. The summed E-state index contributed by atoms with van der Waals surface area (Å²) in [6.45, 7) is 2.76. The van der Waals surface area contributed by atoms with E-state index in [9.17, 15) is 4.79 Å². The molecule has 0 atom stereocenters. The molecule has 96 valence electrons. The maximum absolute atomic E-state index is 12.2. The average molecular weight is 282 g/mol. The molecule has 2 nitrogen and oxygen atoms in total. The third-order valence-electron chi connectivity index (χ3n) is 2.94. The van der Waals surface area contributed by atoms with E-state index in [1.807, 2.05) is 44.1 Å². The zero-order valence-corrected chi connectivity index (χ0v) is 12.4. The molecule has 0 radical (unpaired) electrons. The van der Waals surface area contributed by atoms with Crippen LogP contribution in [-0.4, -0.2) is 31.3 Å². The zero-order valence-electron chi connectivity index (χ0n) is 10.8. The molecule has 0 fully saturated rings. The number of ketones is 1. The minimum Gasteiger partial charge on any atom is -0.309 e.